The van der Waals surface area contributed by atoms with Crippen LogP contribution in [0.2, 0.25) is 0 Å². The van der Waals surface area contributed by atoms with Crippen LogP contribution in [0.25, 0.3) is 0 Å². The second kappa shape index (κ2) is 5.64. The largest absolute Gasteiger partial charge is 0.397 e. The van der Waals surface area contributed by atoms with Crippen LogP contribution in [0, 0.1) is 6.92 Å². The minimum absolute atomic E-state index is 0.0350. The molecule has 1 heterocycles. The number of anilines is 1. The summed E-state index contributed by atoms with van der Waals surface area (Å²) in [5.74, 6) is -0.0350. The van der Waals surface area contributed by atoms with Gasteiger partial charge in [-0.25, -0.2) is 0 Å². The second-order valence-electron chi connectivity index (χ2n) is 5.73. The number of nitrogens with one attached hydrogen (secondary N) is 1. The first-order valence-corrected chi connectivity index (χ1v) is 7.45. The van der Waals surface area contributed by atoms with E-state index < -0.39 is 0 Å². The molecule has 1 amide bonds. The van der Waals surface area contributed by atoms with Crippen molar-refractivity contribution in [1.29, 1.82) is 0 Å². The van der Waals surface area contributed by atoms with Gasteiger partial charge in [-0.2, -0.15) is 0 Å². The van der Waals surface area contributed by atoms with E-state index in [1.165, 1.54) is 11.1 Å². The average Bonchev–Trinajstić information content (AvgIpc) is 3.23. The molecule has 0 saturated heterocycles. The molecule has 3 N–H and O–H groups in total. The predicted molar refractivity (Wildman–Crippen MR) is 84.3 cm³/mol. The second-order valence-corrected chi connectivity index (χ2v) is 5.73. The summed E-state index contributed by atoms with van der Waals surface area (Å²) in [5, 5.41) is 3.00. The van der Waals surface area contributed by atoms with Crippen LogP contribution >= 0.6 is 0 Å². The summed E-state index contributed by atoms with van der Waals surface area (Å²) in [7, 11) is 0. The van der Waals surface area contributed by atoms with Crippen molar-refractivity contribution in [3.8, 4) is 0 Å². The van der Waals surface area contributed by atoms with E-state index in [0.717, 1.165) is 19.3 Å². The third kappa shape index (κ3) is 3.10. The molecule has 0 aliphatic heterocycles. The molecule has 1 aliphatic carbocycles. The molecule has 1 aliphatic rings. The Labute approximate surface area is 125 Å². The summed E-state index contributed by atoms with van der Waals surface area (Å²) in [4.78, 5) is 12.3. The Balaban J connectivity index is 1.61. The lowest BCUT2D eigenvalue weighted by atomic mass is 10.1. The van der Waals surface area contributed by atoms with Gasteiger partial charge in [0.2, 0.25) is 0 Å². The zero-order valence-corrected chi connectivity index (χ0v) is 12.3. The first-order valence-electron chi connectivity index (χ1n) is 7.45. The summed E-state index contributed by atoms with van der Waals surface area (Å²) < 4.78 is 2.01. The van der Waals surface area contributed by atoms with E-state index in [2.05, 4.69) is 24.4 Å². The Kier molecular flexibility index (Phi) is 3.69. The summed E-state index contributed by atoms with van der Waals surface area (Å²) >= 11 is 0. The predicted octanol–water partition coefficient (Wildman–Crippen LogP) is 2.69. The van der Waals surface area contributed by atoms with Gasteiger partial charge >= 0.3 is 0 Å². The highest BCUT2D eigenvalue weighted by atomic mass is 16.1. The first kappa shape index (κ1) is 13.7. The summed E-state index contributed by atoms with van der Waals surface area (Å²) in [5.41, 5.74) is 9.69. The topological polar surface area (TPSA) is 60.1 Å². The van der Waals surface area contributed by atoms with Gasteiger partial charge in [-0.1, -0.05) is 24.3 Å². The number of hydrogen-bond acceptors (Lipinski definition) is 2. The number of nitrogen functional groups attached to an aromatic ring is 1. The lowest BCUT2D eigenvalue weighted by Crippen LogP contribution is -2.27. The molecule has 4 nitrogen and oxygen atoms in total. The molecule has 0 radical (unpaired) electrons. The van der Waals surface area contributed by atoms with E-state index in [4.69, 9.17) is 5.73 Å². The third-order valence-electron chi connectivity index (χ3n) is 3.98. The number of nitrogens with two attached hydrogens (primary N) is 1. The number of rotatable bonds is 5. The Bertz CT molecular complexity index is 656. The van der Waals surface area contributed by atoms with Crippen molar-refractivity contribution < 1.29 is 4.79 Å². The molecule has 2 aromatic rings. The van der Waals surface area contributed by atoms with Crippen molar-refractivity contribution >= 4 is 11.6 Å². The fraction of sp³-hybridized carbons (Fsp3) is 0.353. The monoisotopic (exact) mass is 283 g/mol. The summed E-state index contributed by atoms with van der Waals surface area (Å²) in [6, 6.07) is 10.5. The Morgan fingerprint density at radius 3 is 2.86 bits per heavy atom. The average molecular weight is 283 g/mol. The normalized spacial score (nSPS) is 14.1. The molecular formula is C17H21N3O. The molecule has 0 atom stereocenters. The molecule has 1 fully saturated rings. The van der Waals surface area contributed by atoms with Crippen LogP contribution in [0.5, 0.6) is 0 Å². The lowest BCUT2D eigenvalue weighted by molar-refractivity contribution is 0.0944. The highest BCUT2D eigenvalue weighted by Crippen LogP contribution is 2.37. The quantitative estimate of drug-likeness (QED) is 0.886. The number of aryl methyl sites for hydroxylation is 1. The van der Waals surface area contributed by atoms with Crippen LogP contribution in [0.15, 0.2) is 36.5 Å². The van der Waals surface area contributed by atoms with Gasteiger partial charge in [0, 0.05) is 18.8 Å². The van der Waals surface area contributed by atoms with Crippen molar-refractivity contribution in [2.75, 3.05) is 12.3 Å². The molecule has 0 spiro atoms. The van der Waals surface area contributed by atoms with E-state index in [9.17, 15) is 4.79 Å². The number of hydrogen-bond donors (Lipinski definition) is 2. The van der Waals surface area contributed by atoms with Gasteiger partial charge in [0.15, 0.2) is 0 Å². The number of carbonyl (C=O) groups excluding carboxylic acids is 1. The molecule has 21 heavy (non-hydrogen) atoms. The van der Waals surface area contributed by atoms with Crippen molar-refractivity contribution in [3.05, 3.63) is 53.3 Å². The van der Waals surface area contributed by atoms with Crippen molar-refractivity contribution in [2.45, 2.75) is 32.2 Å². The highest BCUT2D eigenvalue weighted by Gasteiger charge is 2.27. The maximum Gasteiger partial charge on any atom is 0.268 e. The fourth-order valence-corrected chi connectivity index (χ4v) is 2.63. The summed E-state index contributed by atoms with van der Waals surface area (Å²) in [6.45, 7) is 2.73. The van der Waals surface area contributed by atoms with Gasteiger partial charge in [0.1, 0.15) is 5.69 Å². The SMILES string of the molecule is Cc1ccccc1CCNC(=O)c1cc(N)cn1C1CC1. The molecular weight excluding hydrogens is 262 g/mol. The lowest BCUT2D eigenvalue weighted by Gasteiger charge is -2.09. The van der Waals surface area contributed by atoms with Gasteiger partial charge in [0.05, 0.1) is 5.69 Å². The molecule has 4 heteroatoms. The molecule has 0 bridgehead atoms. The van der Waals surface area contributed by atoms with Crippen LogP contribution in [0.4, 0.5) is 5.69 Å². The van der Waals surface area contributed by atoms with Crippen LogP contribution in [-0.2, 0) is 6.42 Å². The Hall–Kier alpha value is -2.23. The zero-order chi connectivity index (χ0) is 14.8. The van der Waals surface area contributed by atoms with Crippen LogP contribution in [0.1, 0.15) is 40.5 Å². The van der Waals surface area contributed by atoms with Crippen LogP contribution in [0.3, 0.4) is 0 Å². The minimum atomic E-state index is -0.0350. The van der Waals surface area contributed by atoms with Crippen LogP contribution in [-0.4, -0.2) is 17.0 Å². The minimum Gasteiger partial charge on any atom is -0.397 e. The van der Waals surface area contributed by atoms with Gasteiger partial charge in [-0.05, 0) is 43.4 Å². The van der Waals surface area contributed by atoms with Crippen LogP contribution < -0.4 is 11.1 Å². The fourth-order valence-electron chi connectivity index (χ4n) is 2.63. The number of amides is 1. The van der Waals surface area contributed by atoms with Crippen molar-refractivity contribution in [3.63, 3.8) is 0 Å². The van der Waals surface area contributed by atoms with E-state index in [-0.39, 0.29) is 5.91 Å². The van der Waals surface area contributed by atoms with Crippen molar-refractivity contribution in [2.24, 2.45) is 0 Å². The van der Waals surface area contributed by atoms with Gasteiger partial charge in [-0.15, -0.1) is 0 Å². The number of carbonyl (C=O) groups is 1. The number of benzene rings is 1. The molecule has 110 valence electrons. The smallest absolute Gasteiger partial charge is 0.268 e. The van der Waals surface area contributed by atoms with E-state index in [1.807, 2.05) is 22.9 Å². The first-order chi connectivity index (χ1) is 10.1. The van der Waals surface area contributed by atoms with Gasteiger partial charge in [-0.3, -0.25) is 4.79 Å². The van der Waals surface area contributed by atoms with Gasteiger partial charge < -0.3 is 15.6 Å². The molecule has 0 unspecified atom stereocenters. The number of aromatic nitrogens is 1. The third-order valence-corrected chi connectivity index (χ3v) is 3.98. The zero-order valence-electron chi connectivity index (χ0n) is 12.3. The maximum absolute atomic E-state index is 12.3. The summed E-state index contributed by atoms with van der Waals surface area (Å²) in [6.07, 6.45) is 4.99. The Morgan fingerprint density at radius 1 is 1.38 bits per heavy atom. The van der Waals surface area contributed by atoms with E-state index in [0.29, 0.717) is 24.0 Å². The van der Waals surface area contributed by atoms with E-state index in [1.54, 1.807) is 6.07 Å². The van der Waals surface area contributed by atoms with Crippen molar-refractivity contribution in [1.82, 2.24) is 9.88 Å². The highest BCUT2D eigenvalue weighted by molar-refractivity contribution is 5.93. The van der Waals surface area contributed by atoms with E-state index >= 15 is 0 Å². The molecule has 1 saturated carbocycles. The molecule has 1 aromatic carbocycles. The van der Waals surface area contributed by atoms with Gasteiger partial charge in [0.25, 0.3) is 5.91 Å². The molecule has 3 rings (SSSR count). The Morgan fingerprint density at radius 2 is 2.14 bits per heavy atom. The molecule has 1 aromatic heterocycles. The maximum atomic E-state index is 12.3. The number of nitrogens with zero attached hydrogens (tertiary/aromatic N) is 1. The standard InChI is InChI=1S/C17H21N3O/c1-12-4-2-3-5-13(12)8-9-19-17(21)16-10-14(18)11-20(16)15-6-7-15/h2-5,10-11,15H,6-9,18H2,1H3,(H,19,21).